The number of ether oxygens (including phenoxy) is 1. The van der Waals surface area contributed by atoms with Gasteiger partial charge in [0.2, 0.25) is 11.7 Å². The summed E-state index contributed by atoms with van der Waals surface area (Å²) in [5.41, 5.74) is 2.83. The first-order valence-corrected chi connectivity index (χ1v) is 17.2. The Bertz CT molecular complexity index is 1760. The minimum absolute atomic E-state index is 0.0261. The topological polar surface area (TPSA) is 100 Å². The molecular weight excluding hydrogens is 590 g/mol. The molecule has 6 rings (SSSR count). The maximum absolute atomic E-state index is 14.5. The molecule has 10 heteroatoms. The number of amides is 1. The molecule has 4 aromatic rings. The molecule has 2 heterocycles. The number of nitrogens with zero attached hydrogens (tertiary/aromatic N) is 3. The van der Waals surface area contributed by atoms with E-state index in [0.717, 1.165) is 36.9 Å². The largest absolute Gasteiger partial charge is 0.460 e. The van der Waals surface area contributed by atoms with Crippen molar-refractivity contribution >= 4 is 44.2 Å². The second-order valence-corrected chi connectivity index (χ2v) is 13.5. The van der Waals surface area contributed by atoms with Crippen molar-refractivity contribution in [2.24, 2.45) is 5.92 Å². The van der Waals surface area contributed by atoms with Crippen molar-refractivity contribution < 1.29 is 27.2 Å². The number of esters is 1. The highest BCUT2D eigenvalue weighted by molar-refractivity contribution is 7.92. The highest BCUT2D eigenvalue weighted by atomic mass is 32.2. The highest BCUT2D eigenvalue weighted by Gasteiger charge is 2.32. The van der Waals surface area contributed by atoms with Gasteiger partial charge < -0.3 is 19.0 Å². The Kier molecular flexibility index (Phi) is 9.11. The molecule has 2 fully saturated rings. The molecule has 0 unspecified atom stereocenters. The summed E-state index contributed by atoms with van der Waals surface area (Å²) in [6.45, 7) is 4.61. The molecule has 0 spiro atoms. The van der Waals surface area contributed by atoms with Crippen LogP contribution in [0.2, 0.25) is 0 Å². The zero-order valence-corrected chi connectivity index (χ0v) is 26.4. The smallest absolute Gasteiger partial charge is 0.374 e. The van der Waals surface area contributed by atoms with E-state index in [1.54, 1.807) is 19.1 Å². The van der Waals surface area contributed by atoms with Crippen LogP contribution in [0.15, 0.2) is 88.2 Å². The van der Waals surface area contributed by atoms with E-state index in [1.807, 2.05) is 59.5 Å². The van der Waals surface area contributed by atoms with Crippen LogP contribution in [0.25, 0.3) is 11.0 Å². The van der Waals surface area contributed by atoms with Crippen molar-refractivity contribution in [2.45, 2.75) is 43.9 Å². The van der Waals surface area contributed by atoms with Crippen molar-refractivity contribution in [3.8, 4) is 0 Å². The fraction of sp³-hybridized carbons (Fsp3) is 0.371. The Morgan fingerprint density at radius 2 is 1.62 bits per heavy atom. The molecule has 1 aliphatic heterocycles. The molecule has 1 saturated heterocycles. The number of rotatable bonds is 10. The Morgan fingerprint density at radius 3 is 2.36 bits per heavy atom. The maximum atomic E-state index is 14.5. The lowest BCUT2D eigenvalue weighted by Crippen LogP contribution is -2.50. The molecule has 1 amide bonds. The summed E-state index contributed by atoms with van der Waals surface area (Å²) in [7, 11) is -4.05. The van der Waals surface area contributed by atoms with Crippen LogP contribution in [0.1, 0.15) is 48.7 Å². The monoisotopic (exact) mass is 629 g/mol. The van der Waals surface area contributed by atoms with Crippen LogP contribution in [0.3, 0.4) is 0 Å². The molecule has 3 aromatic carbocycles. The third kappa shape index (κ3) is 6.56. The lowest BCUT2D eigenvalue weighted by molar-refractivity contribution is -0.135. The summed E-state index contributed by atoms with van der Waals surface area (Å²) in [5.74, 6) is -0.170. The maximum Gasteiger partial charge on any atom is 0.374 e. The second kappa shape index (κ2) is 13.4. The second-order valence-electron chi connectivity index (χ2n) is 11.6. The van der Waals surface area contributed by atoms with Gasteiger partial charge in [0.1, 0.15) is 5.58 Å². The van der Waals surface area contributed by atoms with Crippen LogP contribution in [0.5, 0.6) is 0 Å². The summed E-state index contributed by atoms with van der Waals surface area (Å²) in [5, 5.41) is 0.499. The number of benzene rings is 3. The van der Waals surface area contributed by atoms with E-state index >= 15 is 0 Å². The van der Waals surface area contributed by atoms with E-state index < -0.39 is 16.0 Å². The van der Waals surface area contributed by atoms with Gasteiger partial charge in [-0.05, 0) is 68.1 Å². The van der Waals surface area contributed by atoms with Crippen LogP contribution in [0.4, 0.5) is 11.4 Å². The summed E-state index contributed by atoms with van der Waals surface area (Å²) in [6, 6.07) is 23.6. The normalized spacial score (nSPS) is 15.8. The van der Waals surface area contributed by atoms with Crippen molar-refractivity contribution in [1.82, 2.24) is 4.90 Å². The first kappa shape index (κ1) is 30.7. The van der Waals surface area contributed by atoms with E-state index in [0.29, 0.717) is 49.3 Å². The first-order chi connectivity index (χ1) is 21.8. The zero-order valence-electron chi connectivity index (χ0n) is 25.6. The predicted molar refractivity (Wildman–Crippen MR) is 174 cm³/mol. The Labute approximate surface area is 264 Å². The van der Waals surface area contributed by atoms with Gasteiger partial charge in [-0.1, -0.05) is 55.3 Å². The molecule has 0 radical (unpaired) electrons. The Balaban J connectivity index is 1.31. The van der Waals surface area contributed by atoms with Crippen molar-refractivity contribution in [2.75, 3.05) is 48.5 Å². The van der Waals surface area contributed by atoms with Crippen LogP contribution in [0, 0.1) is 5.92 Å². The van der Waals surface area contributed by atoms with Gasteiger partial charge in [0.05, 0.1) is 22.9 Å². The molecular formula is C35H39N3O6S. The van der Waals surface area contributed by atoms with Gasteiger partial charge in [-0.2, -0.15) is 0 Å². The number of carbonyl (C=O) groups excluding carboxylic acids is 2. The summed E-state index contributed by atoms with van der Waals surface area (Å²) in [4.78, 5) is 29.6. The zero-order chi connectivity index (χ0) is 31.4. The molecule has 1 aromatic heterocycles. The highest BCUT2D eigenvalue weighted by Crippen LogP contribution is 2.36. The van der Waals surface area contributed by atoms with Gasteiger partial charge in [0.15, 0.2) is 0 Å². The van der Waals surface area contributed by atoms with E-state index in [2.05, 4.69) is 4.90 Å². The van der Waals surface area contributed by atoms with Crippen molar-refractivity contribution in [1.29, 1.82) is 0 Å². The van der Waals surface area contributed by atoms with Crippen molar-refractivity contribution in [3.63, 3.8) is 0 Å². The third-order valence-corrected chi connectivity index (χ3v) is 10.6. The molecule has 236 valence electrons. The molecule has 45 heavy (non-hydrogen) atoms. The lowest BCUT2D eigenvalue weighted by atomic mass is 10.1. The van der Waals surface area contributed by atoms with Crippen LogP contribution < -0.4 is 9.21 Å². The lowest BCUT2D eigenvalue weighted by Gasteiger charge is -2.39. The number of para-hydroxylation sites is 2. The standard InChI is InChI=1S/C35H39N3O6S/c1-2-43-35(40)33-25-28-24-29(16-17-32(28)44-33)45(41,42)38(19-18-26-10-4-3-5-11-26)31-15-9-8-14-30(31)36-20-22-37(23-21-36)34(39)27-12-6-7-13-27/h3-5,8-11,14-17,24-25,27H,2,6-7,12-13,18-23H2,1H3. The summed E-state index contributed by atoms with van der Waals surface area (Å²) >= 11 is 0. The van der Waals surface area contributed by atoms with E-state index in [-0.39, 0.29) is 35.6 Å². The number of furan rings is 1. The number of carbonyl (C=O) groups is 2. The average molecular weight is 630 g/mol. The van der Waals surface area contributed by atoms with Crippen molar-refractivity contribution in [3.05, 3.63) is 90.2 Å². The van der Waals surface area contributed by atoms with Gasteiger partial charge >= 0.3 is 5.97 Å². The van der Waals surface area contributed by atoms with Gasteiger partial charge in [-0.25, -0.2) is 13.2 Å². The first-order valence-electron chi connectivity index (χ1n) is 15.8. The minimum Gasteiger partial charge on any atom is -0.460 e. The van der Waals surface area contributed by atoms with Crippen LogP contribution in [-0.2, 0) is 26.0 Å². The molecule has 1 saturated carbocycles. The molecule has 1 aliphatic carbocycles. The number of hydrogen-bond acceptors (Lipinski definition) is 7. The summed E-state index contributed by atoms with van der Waals surface area (Å²) < 4.78 is 41.2. The molecule has 9 nitrogen and oxygen atoms in total. The fourth-order valence-corrected chi connectivity index (χ4v) is 7.91. The molecule has 0 bridgehead atoms. The number of sulfonamides is 1. The van der Waals surface area contributed by atoms with E-state index in [1.165, 1.54) is 16.4 Å². The van der Waals surface area contributed by atoms with Gasteiger partial charge in [0, 0.05) is 44.0 Å². The predicted octanol–water partition coefficient (Wildman–Crippen LogP) is 5.89. The number of fused-ring (bicyclic) bond motifs is 1. The Hall–Kier alpha value is -4.31. The van der Waals surface area contributed by atoms with Gasteiger partial charge in [-0.15, -0.1) is 0 Å². The number of hydrogen-bond donors (Lipinski definition) is 0. The van der Waals surface area contributed by atoms with Crippen LogP contribution in [-0.4, -0.2) is 64.5 Å². The quantitative estimate of drug-likeness (QED) is 0.202. The minimum atomic E-state index is -4.05. The van der Waals surface area contributed by atoms with E-state index in [4.69, 9.17) is 9.15 Å². The van der Waals surface area contributed by atoms with Gasteiger partial charge in [-0.3, -0.25) is 9.10 Å². The number of anilines is 2. The number of piperazine rings is 1. The van der Waals surface area contributed by atoms with Gasteiger partial charge in [0.25, 0.3) is 10.0 Å². The molecule has 2 aliphatic rings. The Morgan fingerprint density at radius 1 is 0.911 bits per heavy atom. The fourth-order valence-electron chi connectivity index (χ4n) is 6.40. The third-order valence-electron chi connectivity index (χ3n) is 8.79. The van der Waals surface area contributed by atoms with E-state index in [9.17, 15) is 18.0 Å². The molecule has 0 atom stereocenters. The SMILES string of the molecule is CCOC(=O)c1cc2cc(S(=O)(=O)N(CCc3ccccc3)c3ccccc3N3CCN(C(=O)C4CCCC4)CC3)ccc2o1. The average Bonchev–Trinajstić information content (AvgIpc) is 3.76. The van der Waals surface area contributed by atoms with Crippen LogP contribution >= 0.6 is 0 Å². The molecule has 0 N–H and O–H groups in total. The summed E-state index contributed by atoms with van der Waals surface area (Å²) in [6.07, 6.45) is 4.71.